The second-order valence-electron chi connectivity index (χ2n) is 4.24. The predicted molar refractivity (Wildman–Crippen MR) is 76.5 cm³/mol. The van der Waals surface area contributed by atoms with Crippen LogP contribution in [0.2, 0.25) is 0 Å². The van der Waals surface area contributed by atoms with Crippen LogP contribution in [-0.4, -0.2) is 11.2 Å². The van der Waals surface area contributed by atoms with Gasteiger partial charge in [0.2, 0.25) is 0 Å². The van der Waals surface area contributed by atoms with Crippen molar-refractivity contribution in [3.8, 4) is 0 Å². The minimum Gasteiger partial charge on any atom is -0.389 e. The third-order valence-corrected chi connectivity index (χ3v) is 2.51. The van der Waals surface area contributed by atoms with Crippen LogP contribution in [0.25, 0.3) is 0 Å². The Morgan fingerprint density at radius 3 is 1.79 bits per heavy atom. The molecule has 2 aliphatic rings. The fourth-order valence-electron chi connectivity index (χ4n) is 1.59. The van der Waals surface area contributed by atoms with Crippen molar-refractivity contribution in [1.82, 2.24) is 0 Å². The zero-order valence-corrected chi connectivity index (χ0v) is 12.5. The summed E-state index contributed by atoms with van der Waals surface area (Å²) in [6.07, 6.45) is 19.5. The smallest absolute Gasteiger partial charge is 0.389 e. The molecule has 0 aromatic heterocycles. The maximum atomic E-state index is 9.45. The Morgan fingerprint density at radius 2 is 1.47 bits per heavy atom. The molecule has 2 fully saturated rings. The second-order valence-corrected chi connectivity index (χ2v) is 4.24. The van der Waals surface area contributed by atoms with Gasteiger partial charge in [-0.1, -0.05) is 18.2 Å². The van der Waals surface area contributed by atoms with E-state index in [4.69, 9.17) is 0 Å². The fraction of sp³-hybridized carbons (Fsp3) is 0.176. The molecule has 2 aliphatic carbocycles. The Balaban J connectivity index is 0.000000454. The van der Waals surface area contributed by atoms with E-state index in [1.165, 1.54) is 0 Å². The van der Waals surface area contributed by atoms with Crippen molar-refractivity contribution in [2.45, 2.75) is 20.0 Å². The molecule has 0 bridgehead atoms. The number of rotatable bonds is 3. The maximum Gasteiger partial charge on any atom is 2.00 e. The van der Waals surface area contributed by atoms with Crippen molar-refractivity contribution < 1.29 is 22.2 Å². The first-order valence-electron chi connectivity index (χ1n) is 6.05. The zero-order valence-electron chi connectivity index (χ0n) is 11.4. The van der Waals surface area contributed by atoms with E-state index in [0.29, 0.717) is 0 Å². The van der Waals surface area contributed by atoms with E-state index in [-0.39, 0.29) is 17.1 Å². The molecule has 10 radical (unpaired) electrons. The van der Waals surface area contributed by atoms with Gasteiger partial charge in [-0.15, -0.1) is 0 Å². The van der Waals surface area contributed by atoms with Crippen LogP contribution in [0, 0.1) is 63.7 Å². The molecule has 100 valence electrons. The summed E-state index contributed by atoms with van der Waals surface area (Å²) in [5.74, 6) is 1.11. The molecule has 1 unspecified atom stereocenters. The number of hydrogen-bond donors (Lipinski definition) is 1. The second kappa shape index (κ2) is 10.7. The molecule has 0 aromatic rings. The maximum absolute atomic E-state index is 9.45. The molecule has 2 saturated carbocycles. The first kappa shape index (κ1) is 19.0. The van der Waals surface area contributed by atoms with Gasteiger partial charge in [0.25, 0.3) is 0 Å². The van der Waals surface area contributed by atoms with Crippen LogP contribution in [0.5, 0.6) is 0 Å². The molecule has 0 heterocycles. The van der Waals surface area contributed by atoms with E-state index in [9.17, 15) is 5.11 Å². The van der Waals surface area contributed by atoms with Crippen LogP contribution in [0.15, 0.2) is 23.8 Å². The van der Waals surface area contributed by atoms with Gasteiger partial charge in [-0.25, -0.2) is 0 Å². The van der Waals surface area contributed by atoms with E-state index < -0.39 is 6.10 Å². The van der Waals surface area contributed by atoms with Gasteiger partial charge in [0.05, 0.1) is 6.10 Å². The standard InChI is InChI=1S/C12H15O.C5H5.Fe/c1-9(2)12(10(3)13)8-11-6-4-5-7-11;1-2-4-5-3-1;/h4-8,10,13H,1H2,2-3H3;1-5H;/q;;+2/b12-8-;;. The average Bonchev–Trinajstić information content (AvgIpc) is 3.01. The van der Waals surface area contributed by atoms with E-state index in [0.717, 1.165) is 17.1 Å². The number of hydrogen-bond acceptors (Lipinski definition) is 1. The Hall–Kier alpha value is -0.0405. The van der Waals surface area contributed by atoms with Crippen LogP contribution < -0.4 is 0 Å². The molecule has 1 nitrogen and oxygen atoms in total. The van der Waals surface area contributed by atoms with Gasteiger partial charge >= 0.3 is 17.1 Å². The first-order chi connectivity index (χ1) is 8.61. The van der Waals surface area contributed by atoms with Crippen LogP contribution in [-0.2, 0) is 17.1 Å². The molecule has 0 aromatic carbocycles. The summed E-state index contributed by atoms with van der Waals surface area (Å²) in [6, 6.07) is 0. The molecule has 2 heteroatoms. The quantitative estimate of drug-likeness (QED) is 0.626. The molecule has 0 aliphatic heterocycles. The summed E-state index contributed by atoms with van der Waals surface area (Å²) in [4.78, 5) is 0. The van der Waals surface area contributed by atoms with Crippen molar-refractivity contribution in [2.75, 3.05) is 0 Å². The van der Waals surface area contributed by atoms with Gasteiger partial charge in [0, 0.05) is 5.92 Å². The van der Waals surface area contributed by atoms with Gasteiger partial charge in [-0.3, -0.25) is 0 Å². The Morgan fingerprint density at radius 1 is 1.05 bits per heavy atom. The molecular formula is C17H20FeO+2. The summed E-state index contributed by atoms with van der Waals surface area (Å²) < 4.78 is 0. The summed E-state index contributed by atoms with van der Waals surface area (Å²) in [5, 5.41) is 9.45. The summed E-state index contributed by atoms with van der Waals surface area (Å²) in [6.45, 7) is 7.49. The number of allylic oxidation sites excluding steroid dienone is 1. The normalized spacial score (nSPS) is 21.3. The number of aliphatic hydroxyl groups is 1. The van der Waals surface area contributed by atoms with Crippen molar-refractivity contribution in [2.24, 2.45) is 0 Å². The Bertz CT molecular complexity index is 263. The minimum atomic E-state index is -0.451. The molecular weight excluding hydrogens is 276 g/mol. The van der Waals surface area contributed by atoms with Crippen LogP contribution in [0.4, 0.5) is 0 Å². The number of aliphatic hydroxyl groups excluding tert-OH is 1. The molecule has 0 amide bonds. The molecule has 2 rings (SSSR count). The summed E-state index contributed by atoms with van der Waals surface area (Å²) in [5.41, 5.74) is 1.81. The SMILES string of the molecule is C=C(C)/C(=C/[C]1[CH][CH][CH][CH]1)C(C)O.[CH]1[CH][CH][CH][CH]1.[Fe+2]. The van der Waals surface area contributed by atoms with Crippen molar-refractivity contribution >= 4 is 0 Å². The summed E-state index contributed by atoms with van der Waals surface area (Å²) in [7, 11) is 0. The largest absolute Gasteiger partial charge is 2.00 e. The third kappa shape index (κ3) is 7.97. The van der Waals surface area contributed by atoms with Crippen molar-refractivity contribution in [3.63, 3.8) is 0 Å². The van der Waals surface area contributed by atoms with Crippen LogP contribution >= 0.6 is 0 Å². The first-order valence-corrected chi connectivity index (χ1v) is 6.05. The topological polar surface area (TPSA) is 20.2 Å². The minimum absolute atomic E-state index is 0. The van der Waals surface area contributed by atoms with Gasteiger partial charge in [0.1, 0.15) is 0 Å². The molecule has 19 heavy (non-hydrogen) atoms. The fourth-order valence-corrected chi connectivity index (χ4v) is 1.59. The zero-order chi connectivity index (χ0) is 13.4. The molecule has 0 spiro atoms. The van der Waals surface area contributed by atoms with Gasteiger partial charge in [0.15, 0.2) is 0 Å². The van der Waals surface area contributed by atoms with E-state index in [2.05, 4.69) is 6.58 Å². The van der Waals surface area contributed by atoms with Gasteiger partial charge in [-0.05, 0) is 77.2 Å². The van der Waals surface area contributed by atoms with E-state index >= 15 is 0 Å². The Labute approximate surface area is 130 Å². The van der Waals surface area contributed by atoms with Crippen LogP contribution in [0.3, 0.4) is 0 Å². The van der Waals surface area contributed by atoms with Gasteiger partial charge in [-0.2, -0.15) is 0 Å². The average molecular weight is 296 g/mol. The predicted octanol–water partition coefficient (Wildman–Crippen LogP) is 3.29. The van der Waals surface area contributed by atoms with Crippen molar-refractivity contribution in [3.05, 3.63) is 87.5 Å². The van der Waals surface area contributed by atoms with Crippen LogP contribution in [0.1, 0.15) is 13.8 Å². The van der Waals surface area contributed by atoms with Crippen molar-refractivity contribution in [1.29, 1.82) is 0 Å². The van der Waals surface area contributed by atoms with E-state index in [1.807, 2.05) is 70.8 Å². The van der Waals surface area contributed by atoms with E-state index in [1.54, 1.807) is 6.92 Å². The Kier molecular flexibility index (Phi) is 10.7. The molecule has 0 saturated heterocycles. The third-order valence-electron chi connectivity index (χ3n) is 2.51. The summed E-state index contributed by atoms with van der Waals surface area (Å²) >= 11 is 0. The van der Waals surface area contributed by atoms with Gasteiger partial charge < -0.3 is 5.11 Å². The monoisotopic (exact) mass is 296 g/mol. The molecule has 1 N–H and O–H groups in total. The molecule has 1 atom stereocenters.